The third kappa shape index (κ3) is 8.72. The van der Waals surface area contributed by atoms with Gasteiger partial charge in [0.05, 0.1) is 41.0 Å². The smallest absolute Gasteiger partial charge is 0.262 e. The molecule has 0 aliphatic rings. The first kappa shape index (κ1) is 26.7. The molecule has 0 N–H and O–H groups in total. The van der Waals surface area contributed by atoms with E-state index in [4.69, 9.17) is 0 Å². The van der Waals surface area contributed by atoms with Crippen LogP contribution in [0.5, 0.6) is 0 Å². The Balaban J connectivity index is 0.00000480. The van der Waals surface area contributed by atoms with Crippen LogP contribution < -0.4 is 29.6 Å². The van der Waals surface area contributed by atoms with Crippen molar-refractivity contribution in [1.29, 1.82) is 0 Å². The summed E-state index contributed by atoms with van der Waals surface area (Å²) < 4.78 is 0. The van der Waals surface area contributed by atoms with Gasteiger partial charge in [-0.15, -0.1) is 14.7 Å². The second-order valence-electron chi connectivity index (χ2n) is 7.15. The first-order valence-electron chi connectivity index (χ1n) is 9.93. The summed E-state index contributed by atoms with van der Waals surface area (Å²) in [6, 6.07) is 18.6. The molecule has 0 aliphatic heterocycles. The van der Waals surface area contributed by atoms with E-state index in [2.05, 4.69) is 15.9 Å². The molecule has 0 radical (unpaired) electrons. The van der Waals surface area contributed by atoms with Crippen LogP contribution in [-0.2, 0) is 12.8 Å². The van der Waals surface area contributed by atoms with Gasteiger partial charge in [-0.1, -0.05) is 60.7 Å². The molecule has 0 aromatic heterocycles. The first-order chi connectivity index (χ1) is 14.6. The molecule has 2 aromatic carbocycles. The molecule has 31 heavy (non-hydrogen) atoms. The summed E-state index contributed by atoms with van der Waals surface area (Å²) in [7, 11) is 1.56. The summed E-state index contributed by atoms with van der Waals surface area (Å²) in [4.78, 5) is 34.2. The molecular weight excluding hydrogens is 407 g/mol. The minimum absolute atomic E-state index is 0. The standard InChI is InChI=1S/C21H28N6O3.Na/c1-3-26(23-29)21(15-19-12-8-5-9-13-19)17-27(24-30)20(16-25(2)22-28)14-18-10-6-4-7-11-18;/h4-13,20-21H,3,14-17H2,1-2H3;/q;+1. The van der Waals surface area contributed by atoms with Crippen molar-refractivity contribution in [3.8, 4) is 0 Å². The molecule has 2 unspecified atom stereocenters. The molecule has 10 heteroatoms. The number of hydrogen-bond acceptors (Lipinski definition) is 6. The van der Waals surface area contributed by atoms with E-state index in [1.807, 2.05) is 67.6 Å². The van der Waals surface area contributed by atoms with Crippen LogP contribution in [-0.4, -0.2) is 53.8 Å². The second-order valence-corrected chi connectivity index (χ2v) is 7.15. The van der Waals surface area contributed by atoms with Crippen molar-refractivity contribution in [2.45, 2.75) is 31.8 Å². The SMILES string of the molecule is CCN(N=O)C(Cc1ccccc1)CN(N=O)C(Cc1ccccc1)CN(C)N=O.[Na+]. The zero-order valence-electron chi connectivity index (χ0n) is 18.4. The largest absolute Gasteiger partial charge is 1.00 e. The van der Waals surface area contributed by atoms with Gasteiger partial charge in [-0.05, 0) is 30.9 Å². The van der Waals surface area contributed by atoms with Gasteiger partial charge in [-0.2, -0.15) is 0 Å². The number of hydrogen-bond donors (Lipinski definition) is 0. The Labute approximate surface area is 204 Å². The predicted molar refractivity (Wildman–Crippen MR) is 117 cm³/mol. The summed E-state index contributed by atoms with van der Waals surface area (Å²) in [5.41, 5.74) is 2.04. The second kappa shape index (κ2) is 14.6. The van der Waals surface area contributed by atoms with Gasteiger partial charge in [0.1, 0.15) is 0 Å². The Kier molecular flexibility index (Phi) is 12.6. The average Bonchev–Trinajstić information content (AvgIpc) is 2.78. The van der Waals surface area contributed by atoms with Crippen molar-refractivity contribution < 1.29 is 29.6 Å². The van der Waals surface area contributed by atoms with E-state index in [-0.39, 0.29) is 48.7 Å². The molecule has 0 fully saturated rings. The van der Waals surface area contributed by atoms with Gasteiger partial charge in [-0.25, -0.2) is 0 Å². The fraction of sp³-hybridized carbons (Fsp3) is 0.429. The minimum atomic E-state index is -0.392. The fourth-order valence-corrected chi connectivity index (χ4v) is 3.49. The van der Waals surface area contributed by atoms with Crippen molar-refractivity contribution in [1.82, 2.24) is 15.0 Å². The van der Waals surface area contributed by atoms with E-state index in [1.165, 1.54) is 15.0 Å². The van der Waals surface area contributed by atoms with Crippen LogP contribution in [0.25, 0.3) is 0 Å². The zero-order chi connectivity index (χ0) is 21.8. The molecule has 0 amide bonds. The molecule has 0 bridgehead atoms. The first-order valence-corrected chi connectivity index (χ1v) is 9.93. The van der Waals surface area contributed by atoms with Gasteiger partial charge in [0.25, 0.3) is 0 Å². The summed E-state index contributed by atoms with van der Waals surface area (Å²) >= 11 is 0. The quantitative estimate of drug-likeness (QED) is 0.248. The van der Waals surface area contributed by atoms with E-state index < -0.39 is 6.04 Å². The summed E-state index contributed by atoms with van der Waals surface area (Å²) in [6.07, 6.45) is 1.04. The monoisotopic (exact) mass is 435 g/mol. The third-order valence-electron chi connectivity index (χ3n) is 5.02. The van der Waals surface area contributed by atoms with Gasteiger partial charge in [0.2, 0.25) is 0 Å². The third-order valence-corrected chi connectivity index (χ3v) is 5.02. The Hall–Kier alpha value is -2.36. The maximum atomic E-state index is 11.8. The molecular formula is C21H28N6NaO3+. The Morgan fingerprint density at radius 2 is 1.16 bits per heavy atom. The van der Waals surface area contributed by atoms with Crippen molar-refractivity contribution in [2.75, 3.05) is 26.7 Å². The number of rotatable bonds is 14. The topological polar surface area (TPSA) is 98.0 Å². The summed E-state index contributed by atoms with van der Waals surface area (Å²) in [5, 5.41) is 13.4. The van der Waals surface area contributed by atoms with Crippen LogP contribution >= 0.6 is 0 Å². The van der Waals surface area contributed by atoms with Gasteiger partial charge in [-0.3, -0.25) is 15.0 Å². The average molecular weight is 435 g/mol. The van der Waals surface area contributed by atoms with E-state index >= 15 is 0 Å². The maximum Gasteiger partial charge on any atom is 1.00 e. The van der Waals surface area contributed by atoms with Crippen molar-refractivity contribution in [3.05, 3.63) is 86.5 Å². The zero-order valence-corrected chi connectivity index (χ0v) is 20.4. The summed E-state index contributed by atoms with van der Waals surface area (Å²) in [5.74, 6) is 0. The van der Waals surface area contributed by atoms with E-state index in [9.17, 15) is 14.7 Å². The molecule has 0 spiro atoms. The minimum Gasteiger partial charge on any atom is -0.262 e. The molecule has 2 rings (SSSR count). The van der Waals surface area contributed by atoms with Crippen LogP contribution in [0.4, 0.5) is 0 Å². The Bertz CT molecular complexity index is 783. The molecule has 0 aliphatic carbocycles. The van der Waals surface area contributed by atoms with E-state index in [1.54, 1.807) is 7.05 Å². The van der Waals surface area contributed by atoms with Crippen molar-refractivity contribution >= 4 is 0 Å². The van der Waals surface area contributed by atoms with Crippen molar-refractivity contribution in [2.24, 2.45) is 15.9 Å². The Morgan fingerprint density at radius 3 is 1.55 bits per heavy atom. The van der Waals surface area contributed by atoms with E-state index in [0.29, 0.717) is 19.4 Å². The molecule has 0 saturated heterocycles. The fourth-order valence-electron chi connectivity index (χ4n) is 3.49. The Morgan fingerprint density at radius 1 is 0.710 bits per heavy atom. The van der Waals surface area contributed by atoms with Gasteiger partial charge >= 0.3 is 29.6 Å². The van der Waals surface area contributed by atoms with Crippen LogP contribution in [0.15, 0.2) is 76.5 Å². The molecule has 9 nitrogen and oxygen atoms in total. The molecule has 2 atom stereocenters. The normalized spacial score (nSPS) is 12.1. The van der Waals surface area contributed by atoms with E-state index in [0.717, 1.165) is 11.1 Å². The van der Waals surface area contributed by atoms with Crippen LogP contribution in [0.3, 0.4) is 0 Å². The van der Waals surface area contributed by atoms with Crippen molar-refractivity contribution in [3.63, 3.8) is 0 Å². The van der Waals surface area contributed by atoms with Gasteiger partial charge in [0, 0.05) is 13.6 Å². The maximum absolute atomic E-state index is 11.8. The molecule has 0 saturated carbocycles. The molecule has 0 heterocycles. The molecule has 2 aromatic rings. The van der Waals surface area contributed by atoms with Crippen LogP contribution in [0.1, 0.15) is 18.1 Å². The summed E-state index contributed by atoms with van der Waals surface area (Å²) in [6.45, 7) is 2.67. The molecule has 160 valence electrons. The van der Waals surface area contributed by atoms with Crippen LogP contribution in [0, 0.1) is 14.7 Å². The number of nitrogens with zero attached hydrogens (tertiary/aromatic N) is 6. The number of likely N-dealkylation sites (N-methyl/N-ethyl adjacent to an activating group) is 2. The van der Waals surface area contributed by atoms with Gasteiger partial charge in [0.15, 0.2) is 0 Å². The van der Waals surface area contributed by atoms with Gasteiger partial charge < -0.3 is 0 Å². The van der Waals surface area contributed by atoms with Crippen LogP contribution in [0.2, 0.25) is 0 Å². The number of nitroso groups, excluding NO2 is 3. The predicted octanol–water partition coefficient (Wildman–Crippen LogP) is 0.813. The number of benzene rings is 2.